The minimum atomic E-state index is -0.946. The van der Waals surface area contributed by atoms with E-state index in [0.29, 0.717) is 17.7 Å². The van der Waals surface area contributed by atoms with E-state index < -0.39 is 11.4 Å². The molecule has 0 atom stereocenters. The van der Waals surface area contributed by atoms with Crippen LogP contribution in [0.1, 0.15) is 37.8 Å². The molecular weight excluding hydrogens is 302 g/mol. The van der Waals surface area contributed by atoms with Crippen LogP contribution in [0.3, 0.4) is 0 Å². The molecule has 0 aromatic heterocycles. The molecule has 0 radical (unpaired) electrons. The smallest absolute Gasteiger partial charge is 0.313 e. The van der Waals surface area contributed by atoms with Crippen LogP contribution in [0.15, 0.2) is 54.6 Å². The van der Waals surface area contributed by atoms with E-state index in [1.807, 2.05) is 18.2 Å². The summed E-state index contributed by atoms with van der Waals surface area (Å²) in [5, 5.41) is 12.1. The van der Waals surface area contributed by atoms with Gasteiger partial charge in [0, 0.05) is 12.1 Å². The minimum absolute atomic E-state index is 0.0313. The number of hydrogen-bond donors (Lipinski definition) is 2. The van der Waals surface area contributed by atoms with E-state index in [1.54, 1.807) is 38.1 Å². The maximum Gasteiger partial charge on any atom is 0.313 e. The molecule has 0 heterocycles. The Bertz CT molecular complexity index is 691. The second-order valence-corrected chi connectivity index (χ2v) is 6.39. The molecule has 0 bridgehead atoms. The molecule has 24 heavy (non-hydrogen) atoms. The Balaban J connectivity index is 1.85. The molecule has 2 aromatic rings. The quantitative estimate of drug-likeness (QED) is 0.808. The zero-order valence-corrected chi connectivity index (χ0v) is 14.1. The van der Waals surface area contributed by atoms with E-state index >= 15 is 0 Å². The Morgan fingerprint density at radius 1 is 1.00 bits per heavy atom. The number of carbonyl (C=O) groups is 2. The van der Waals surface area contributed by atoms with E-state index in [2.05, 4.69) is 17.4 Å². The molecule has 0 saturated heterocycles. The number of nitrogens with one attached hydrogen (secondary N) is 1. The fourth-order valence-corrected chi connectivity index (χ4v) is 2.41. The largest absolute Gasteiger partial charge is 0.481 e. The fourth-order valence-electron chi connectivity index (χ4n) is 2.41. The van der Waals surface area contributed by atoms with Crippen LogP contribution in [-0.4, -0.2) is 17.0 Å². The zero-order valence-electron chi connectivity index (χ0n) is 14.1. The molecular formula is C20H23NO3. The van der Waals surface area contributed by atoms with E-state index in [-0.39, 0.29) is 5.91 Å². The molecule has 0 unspecified atom stereocenters. The third kappa shape index (κ3) is 4.69. The Morgan fingerprint density at radius 2 is 1.62 bits per heavy atom. The van der Waals surface area contributed by atoms with Gasteiger partial charge in [0.15, 0.2) is 0 Å². The second-order valence-electron chi connectivity index (χ2n) is 6.39. The molecule has 4 nitrogen and oxygen atoms in total. The molecule has 0 spiro atoms. The minimum Gasteiger partial charge on any atom is -0.481 e. The normalized spacial score (nSPS) is 11.1. The standard InChI is InChI=1S/C20H23NO3/c1-20(2,19(23)24)16-11-13-17(14-12-16)21-18(22)10-6-9-15-7-4-3-5-8-15/h3-5,7-8,11-14H,6,9-10H2,1-2H3,(H,21,22)(H,23,24). The lowest BCUT2D eigenvalue weighted by Crippen LogP contribution is -2.28. The first-order valence-electron chi connectivity index (χ1n) is 8.07. The van der Waals surface area contributed by atoms with E-state index in [4.69, 9.17) is 0 Å². The molecule has 126 valence electrons. The fraction of sp³-hybridized carbons (Fsp3) is 0.300. The van der Waals surface area contributed by atoms with Crippen molar-refractivity contribution in [3.05, 3.63) is 65.7 Å². The van der Waals surface area contributed by atoms with Crippen LogP contribution in [-0.2, 0) is 21.4 Å². The van der Waals surface area contributed by atoms with Crippen molar-refractivity contribution in [3.8, 4) is 0 Å². The summed E-state index contributed by atoms with van der Waals surface area (Å²) in [6.07, 6.45) is 2.12. The van der Waals surface area contributed by atoms with Gasteiger partial charge in [-0.05, 0) is 49.9 Å². The first-order chi connectivity index (χ1) is 11.4. The molecule has 2 aromatic carbocycles. The number of hydrogen-bond acceptors (Lipinski definition) is 2. The average Bonchev–Trinajstić information content (AvgIpc) is 2.56. The van der Waals surface area contributed by atoms with Crippen molar-refractivity contribution in [1.29, 1.82) is 0 Å². The monoisotopic (exact) mass is 325 g/mol. The zero-order chi connectivity index (χ0) is 17.6. The number of benzene rings is 2. The summed E-state index contributed by atoms with van der Waals surface area (Å²) in [6, 6.07) is 17.1. The Labute approximate surface area is 142 Å². The highest BCUT2D eigenvalue weighted by Gasteiger charge is 2.29. The summed E-state index contributed by atoms with van der Waals surface area (Å²) < 4.78 is 0. The number of carboxylic acid groups (broad SMARTS) is 1. The van der Waals surface area contributed by atoms with Gasteiger partial charge in [-0.1, -0.05) is 42.5 Å². The van der Waals surface area contributed by atoms with Crippen LogP contribution in [0.2, 0.25) is 0 Å². The van der Waals surface area contributed by atoms with Crippen molar-refractivity contribution in [2.24, 2.45) is 0 Å². The Hall–Kier alpha value is -2.62. The Kier molecular flexibility index (Phi) is 5.74. The first kappa shape index (κ1) is 17.7. The highest BCUT2D eigenvalue weighted by molar-refractivity contribution is 5.90. The lowest BCUT2D eigenvalue weighted by molar-refractivity contribution is -0.142. The van der Waals surface area contributed by atoms with Gasteiger partial charge in [-0.2, -0.15) is 0 Å². The van der Waals surface area contributed by atoms with Gasteiger partial charge in [0.05, 0.1) is 5.41 Å². The third-order valence-electron chi connectivity index (χ3n) is 4.14. The number of anilines is 1. The number of rotatable bonds is 7. The van der Waals surface area contributed by atoms with Crippen LogP contribution in [0, 0.1) is 0 Å². The van der Waals surface area contributed by atoms with Gasteiger partial charge in [0.2, 0.25) is 5.91 Å². The van der Waals surface area contributed by atoms with Gasteiger partial charge in [-0.15, -0.1) is 0 Å². The van der Waals surface area contributed by atoms with E-state index in [1.165, 1.54) is 5.56 Å². The molecule has 2 N–H and O–H groups in total. The highest BCUT2D eigenvalue weighted by atomic mass is 16.4. The summed E-state index contributed by atoms with van der Waals surface area (Å²) in [4.78, 5) is 23.2. The molecule has 4 heteroatoms. The predicted molar refractivity (Wildman–Crippen MR) is 95.1 cm³/mol. The van der Waals surface area contributed by atoms with Crippen LogP contribution < -0.4 is 5.32 Å². The lowest BCUT2D eigenvalue weighted by atomic mass is 9.85. The summed E-state index contributed by atoms with van der Waals surface area (Å²) in [5.41, 5.74) is 1.67. The van der Waals surface area contributed by atoms with Crippen molar-refractivity contribution in [2.75, 3.05) is 5.32 Å². The number of carbonyl (C=O) groups excluding carboxylic acids is 1. The molecule has 1 amide bonds. The van der Waals surface area contributed by atoms with Crippen molar-refractivity contribution in [3.63, 3.8) is 0 Å². The number of amides is 1. The van der Waals surface area contributed by atoms with E-state index in [9.17, 15) is 14.7 Å². The van der Waals surface area contributed by atoms with Gasteiger partial charge in [0.25, 0.3) is 0 Å². The number of aryl methyl sites for hydroxylation is 1. The average molecular weight is 325 g/mol. The van der Waals surface area contributed by atoms with Crippen molar-refractivity contribution in [2.45, 2.75) is 38.5 Å². The maximum atomic E-state index is 12.0. The topological polar surface area (TPSA) is 66.4 Å². The molecule has 2 rings (SSSR count). The molecule has 0 saturated carbocycles. The molecule has 0 aliphatic heterocycles. The summed E-state index contributed by atoms with van der Waals surface area (Å²) in [5.74, 6) is -0.906. The van der Waals surface area contributed by atoms with Gasteiger partial charge in [-0.25, -0.2) is 0 Å². The van der Waals surface area contributed by atoms with Crippen molar-refractivity contribution < 1.29 is 14.7 Å². The molecule has 0 aliphatic rings. The van der Waals surface area contributed by atoms with Crippen LogP contribution in [0.4, 0.5) is 5.69 Å². The van der Waals surface area contributed by atoms with Crippen LogP contribution in [0.25, 0.3) is 0 Å². The van der Waals surface area contributed by atoms with Crippen molar-refractivity contribution >= 4 is 17.6 Å². The van der Waals surface area contributed by atoms with Gasteiger partial charge >= 0.3 is 5.97 Å². The predicted octanol–water partition coefficient (Wildman–Crippen LogP) is 4.01. The van der Waals surface area contributed by atoms with Gasteiger partial charge in [0.1, 0.15) is 0 Å². The van der Waals surface area contributed by atoms with E-state index in [0.717, 1.165) is 12.8 Å². The first-order valence-corrected chi connectivity index (χ1v) is 8.07. The molecule has 0 fully saturated rings. The highest BCUT2D eigenvalue weighted by Crippen LogP contribution is 2.24. The summed E-state index contributed by atoms with van der Waals surface area (Å²) in [7, 11) is 0. The summed E-state index contributed by atoms with van der Waals surface area (Å²) >= 11 is 0. The Morgan fingerprint density at radius 3 is 2.21 bits per heavy atom. The van der Waals surface area contributed by atoms with Crippen molar-refractivity contribution in [1.82, 2.24) is 0 Å². The summed E-state index contributed by atoms with van der Waals surface area (Å²) in [6.45, 7) is 3.32. The SMILES string of the molecule is CC(C)(C(=O)O)c1ccc(NC(=O)CCCc2ccccc2)cc1. The van der Waals surface area contributed by atoms with Gasteiger partial charge in [-0.3, -0.25) is 9.59 Å². The second kappa shape index (κ2) is 7.77. The lowest BCUT2D eigenvalue weighted by Gasteiger charge is -2.19. The maximum absolute atomic E-state index is 12.0. The van der Waals surface area contributed by atoms with Crippen LogP contribution in [0.5, 0.6) is 0 Å². The number of aliphatic carboxylic acids is 1. The number of carboxylic acids is 1. The third-order valence-corrected chi connectivity index (χ3v) is 4.14. The van der Waals surface area contributed by atoms with Gasteiger partial charge < -0.3 is 10.4 Å². The van der Waals surface area contributed by atoms with Crippen LogP contribution >= 0.6 is 0 Å². The molecule has 0 aliphatic carbocycles.